The number of likely N-dealkylation sites (tertiary alicyclic amines) is 1. The summed E-state index contributed by atoms with van der Waals surface area (Å²) in [4.78, 5) is 14.1. The standard InChI is InChI=1S/C16H23NO2/c1-12(14-7-5-4-6-8-14)17-11-13(9-15(17)18)10-16(2,3)19/h4-8,12-13,19H,9-11H2,1-3H3/t12-,13+/m0/s1. The Morgan fingerprint density at radius 1 is 1.37 bits per heavy atom. The summed E-state index contributed by atoms with van der Waals surface area (Å²) >= 11 is 0. The van der Waals surface area contributed by atoms with E-state index in [1.807, 2.05) is 23.1 Å². The van der Waals surface area contributed by atoms with Crippen LogP contribution in [0.25, 0.3) is 0 Å². The van der Waals surface area contributed by atoms with Gasteiger partial charge in [-0.25, -0.2) is 0 Å². The molecule has 3 heteroatoms. The minimum absolute atomic E-state index is 0.112. The Kier molecular flexibility index (Phi) is 3.95. The van der Waals surface area contributed by atoms with Crippen molar-refractivity contribution in [3.8, 4) is 0 Å². The summed E-state index contributed by atoms with van der Waals surface area (Å²) in [5.41, 5.74) is 0.469. The van der Waals surface area contributed by atoms with Crippen LogP contribution in [0.3, 0.4) is 0 Å². The van der Waals surface area contributed by atoms with E-state index in [0.29, 0.717) is 12.8 Å². The van der Waals surface area contributed by atoms with Gasteiger partial charge in [-0.15, -0.1) is 0 Å². The van der Waals surface area contributed by atoms with Crippen molar-refractivity contribution in [2.45, 2.75) is 45.3 Å². The second-order valence-electron chi connectivity index (χ2n) is 6.22. The topological polar surface area (TPSA) is 40.5 Å². The number of carbonyl (C=O) groups is 1. The third-order valence-corrected chi connectivity index (χ3v) is 3.78. The van der Waals surface area contributed by atoms with Crippen LogP contribution in [0.1, 0.15) is 45.2 Å². The smallest absolute Gasteiger partial charge is 0.223 e. The maximum absolute atomic E-state index is 12.1. The van der Waals surface area contributed by atoms with Gasteiger partial charge in [0.15, 0.2) is 0 Å². The Balaban J connectivity index is 2.04. The number of benzene rings is 1. The van der Waals surface area contributed by atoms with Crippen LogP contribution in [0.2, 0.25) is 0 Å². The predicted octanol–water partition coefficient (Wildman–Crippen LogP) is 2.76. The van der Waals surface area contributed by atoms with E-state index >= 15 is 0 Å². The molecule has 1 aliphatic rings. The van der Waals surface area contributed by atoms with E-state index < -0.39 is 5.60 Å². The summed E-state index contributed by atoms with van der Waals surface area (Å²) in [5, 5.41) is 9.88. The van der Waals surface area contributed by atoms with Crippen LogP contribution < -0.4 is 0 Å². The minimum atomic E-state index is -0.697. The van der Waals surface area contributed by atoms with Crippen molar-refractivity contribution >= 4 is 5.91 Å². The van der Waals surface area contributed by atoms with Crippen LogP contribution in [0.5, 0.6) is 0 Å². The Labute approximate surface area is 115 Å². The molecule has 1 amide bonds. The van der Waals surface area contributed by atoms with Gasteiger partial charge in [0.1, 0.15) is 0 Å². The molecule has 0 aromatic heterocycles. The lowest BCUT2D eigenvalue weighted by Gasteiger charge is -2.26. The lowest BCUT2D eigenvalue weighted by atomic mass is 9.93. The number of carbonyl (C=O) groups excluding carboxylic acids is 1. The molecule has 0 aliphatic carbocycles. The van der Waals surface area contributed by atoms with Gasteiger partial charge in [0.2, 0.25) is 5.91 Å². The van der Waals surface area contributed by atoms with Crippen molar-refractivity contribution in [2.75, 3.05) is 6.54 Å². The van der Waals surface area contributed by atoms with Gasteiger partial charge >= 0.3 is 0 Å². The summed E-state index contributed by atoms with van der Waals surface area (Å²) in [6.07, 6.45) is 1.23. The molecular formula is C16H23NO2. The zero-order valence-corrected chi connectivity index (χ0v) is 12.0. The molecule has 1 saturated heterocycles. The number of rotatable bonds is 4. The van der Waals surface area contributed by atoms with Gasteiger partial charge in [0.25, 0.3) is 0 Å². The van der Waals surface area contributed by atoms with Crippen molar-refractivity contribution in [1.82, 2.24) is 4.90 Å². The van der Waals surface area contributed by atoms with E-state index in [2.05, 4.69) is 19.1 Å². The van der Waals surface area contributed by atoms with Crippen LogP contribution in [-0.2, 0) is 4.79 Å². The van der Waals surface area contributed by atoms with Crippen LogP contribution in [-0.4, -0.2) is 28.1 Å². The van der Waals surface area contributed by atoms with Gasteiger partial charge in [0.05, 0.1) is 11.6 Å². The van der Waals surface area contributed by atoms with Gasteiger partial charge in [-0.05, 0) is 38.7 Å². The number of aliphatic hydroxyl groups is 1. The van der Waals surface area contributed by atoms with Crippen LogP contribution >= 0.6 is 0 Å². The van der Waals surface area contributed by atoms with Crippen molar-refractivity contribution in [2.24, 2.45) is 5.92 Å². The van der Waals surface area contributed by atoms with Gasteiger partial charge in [-0.2, -0.15) is 0 Å². The van der Waals surface area contributed by atoms with Gasteiger partial charge in [0, 0.05) is 13.0 Å². The summed E-state index contributed by atoms with van der Waals surface area (Å²) < 4.78 is 0. The highest BCUT2D eigenvalue weighted by Gasteiger charge is 2.35. The predicted molar refractivity (Wildman–Crippen MR) is 75.6 cm³/mol. The fraction of sp³-hybridized carbons (Fsp3) is 0.562. The average molecular weight is 261 g/mol. The highest BCUT2D eigenvalue weighted by molar-refractivity contribution is 5.79. The van der Waals surface area contributed by atoms with Crippen molar-refractivity contribution < 1.29 is 9.90 Å². The van der Waals surface area contributed by atoms with Crippen LogP contribution in [0.15, 0.2) is 30.3 Å². The second-order valence-corrected chi connectivity index (χ2v) is 6.22. The molecule has 19 heavy (non-hydrogen) atoms. The van der Waals surface area contributed by atoms with E-state index in [1.54, 1.807) is 13.8 Å². The third kappa shape index (κ3) is 3.57. The van der Waals surface area contributed by atoms with Gasteiger partial charge in [-0.1, -0.05) is 30.3 Å². The zero-order chi connectivity index (χ0) is 14.0. The Bertz CT molecular complexity index is 436. The first kappa shape index (κ1) is 14.1. The molecule has 0 spiro atoms. The quantitative estimate of drug-likeness (QED) is 0.905. The summed E-state index contributed by atoms with van der Waals surface area (Å²) in [5.74, 6) is 0.462. The minimum Gasteiger partial charge on any atom is -0.390 e. The lowest BCUT2D eigenvalue weighted by Crippen LogP contribution is -2.29. The first-order valence-electron chi connectivity index (χ1n) is 6.93. The largest absolute Gasteiger partial charge is 0.390 e. The first-order valence-corrected chi connectivity index (χ1v) is 6.93. The molecule has 2 rings (SSSR count). The molecular weight excluding hydrogens is 238 g/mol. The average Bonchev–Trinajstić information content (AvgIpc) is 2.68. The molecule has 1 heterocycles. The fourth-order valence-corrected chi connectivity index (χ4v) is 2.94. The summed E-state index contributed by atoms with van der Waals surface area (Å²) in [6.45, 7) is 6.43. The molecule has 3 nitrogen and oxygen atoms in total. The lowest BCUT2D eigenvalue weighted by molar-refractivity contribution is -0.129. The Morgan fingerprint density at radius 3 is 2.58 bits per heavy atom. The highest BCUT2D eigenvalue weighted by atomic mass is 16.3. The SMILES string of the molecule is C[C@@H](c1ccccc1)N1C[C@@H](CC(C)(C)O)CC1=O. The molecule has 2 atom stereocenters. The second kappa shape index (κ2) is 5.33. The van der Waals surface area contributed by atoms with E-state index in [-0.39, 0.29) is 17.9 Å². The maximum atomic E-state index is 12.1. The van der Waals surface area contributed by atoms with Crippen LogP contribution in [0.4, 0.5) is 0 Å². The number of hydrogen-bond donors (Lipinski definition) is 1. The number of nitrogens with zero attached hydrogens (tertiary/aromatic N) is 1. The summed E-state index contributed by atoms with van der Waals surface area (Å²) in [6, 6.07) is 10.2. The van der Waals surface area contributed by atoms with Crippen molar-refractivity contribution in [3.05, 3.63) is 35.9 Å². The first-order chi connectivity index (χ1) is 8.87. The Hall–Kier alpha value is -1.35. The van der Waals surface area contributed by atoms with Crippen molar-refractivity contribution in [3.63, 3.8) is 0 Å². The van der Waals surface area contributed by atoms with E-state index in [1.165, 1.54) is 5.56 Å². The third-order valence-electron chi connectivity index (χ3n) is 3.78. The monoisotopic (exact) mass is 261 g/mol. The molecule has 1 N–H and O–H groups in total. The van der Waals surface area contributed by atoms with E-state index in [9.17, 15) is 9.90 Å². The molecule has 0 bridgehead atoms. The molecule has 1 aliphatic heterocycles. The van der Waals surface area contributed by atoms with Crippen molar-refractivity contribution in [1.29, 1.82) is 0 Å². The van der Waals surface area contributed by atoms with Gasteiger partial charge < -0.3 is 10.0 Å². The van der Waals surface area contributed by atoms with E-state index in [0.717, 1.165) is 6.54 Å². The normalized spacial score (nSPS) is 21.8. The fourth-order valence-electron chi connectivity index (χ4n) is 2.94. The van der Waals surface area contributed by atoms with E-state index in [4.69, 9.17) is 0 Å². The van der Waals surface area contributed by atoms with Crippen LogP contribution in [0, 0.1) is 5.92 Å². The molecule has 1 aromatic carbocycles. The molecule has 0 radical (unpaired) electrons. The Morgan fingerprint density at radius 2 is 2.00 bits per heavy atom. The van der Waals surface area contributed by atoms with Gasteiger partial charge in [-0.3, -0.25) is 4.79 Å². The maximum Gasteiger partial charge on any atom is 0.223 e. The molecule has 0 saturated carbocycles. The molecule has 1 aromatic rings. The summed E-state index contributed by atoms with van der Waals surface area (Å²) in [7, 11) is 0. The molecule has 1 fully saturated rings. The zero-order valence-electron chi connectivity index (χ0n) is 12.0. The molecule has 104 valence electrons. The number of hydrogen-bond acceptors (Lipinski definition) is 2. The number of amides is 1. The molecule has 0 unspecified atom stereocenters. The highest BCUT2D eigenvalue weighted by Crippen LogP contribution is 2.32.